The van der Waals surface area contributed by atoms with Gasteiger partial charge in [0.1, 0.15) is 0 Å². The molecule has 1 aliphatic heterocycles. The number of rotatable bonds is 2. The van der Waals surface area contributed by atoms with Crippen LogP contribution in [0.4, 0.5) is 0 Å². The maximum atomic E-state index is 5.48. The van der Waals surface area contributed by atoms with E-state index in [1.165, 1.54) is 32.1 Å². The van der Waals surface area contributed by atoms with E-state index in [-0.39, 0.29) is 0 Å². The Labute approximate surface area is 87.4 Å². The van der Waals surface area contributed by atoms with Crippen LogP contribution in [0.25, 0.3) is 0 Å². The lowest BCUT2D eigenvalue weighted by atomic mass is 9.91. The normalized spacial score (nSPS) is 37.3. The van der Waals surface area contributed by atoms with Gasteiger partial charge < -0.3 is 10.1 Å². The van der Waals surface area contributed by atoms with Crippen LogP contribution in [0, 0.1) is 5.41 Å². The summed E-state index contributed by atoms with van der Waals surface area (Å²) in [6, 6.07) is 1.37. The minimum Gasteiger partial charge on any atom is -0.380 e. The number of hydrogen-bond donors (Lipinski definition) is 1. The molecule has 1 saturated carbocycles. The first-order chi connectivity index (χ1) is 6.66. The van der Waals surface area contributed by atoms with Gasteiger partial charge in [-0.2, -0.15) is 0 Å². The molecule has 1 saturated heterocycles. The maximum Gasteiger partial charge on any atom is 0.0619 e. The minimum atomic E-state index is 0.563. The van der Waals surface area contributed by atoms with E-state index in [1.807, 2.05) is 0 Å². The highest BCUT2D eigenvalue weighted by Crippen LogP contribution is 2.37. The van der Waals surface area contributed by atoms with E-state index < -0.39 is 0 Å². The van der Waals surface area contributed by atoms with Gasteiger partial charge in [-0.3, -0.25) is 0 Å². The summed E-state index contributed by atoms with van der Waals surface area (Å²) in [4.78, 5) is 0. The molecular weight excluding hydrogens is 174 g/mol. The van der Waals surface area contributed by atoms with Gasteiger partial charge in [0.25, 0.3) is 0 Å². The quantitative estimate of drug-likeness (QED) is 0.733. The van der Waals surface area contributed by atoms with Crippen molar-refractivity contribution in [3.05, 3.63) is 0 Å². The van der Waals surface area contributed by atoms with Crippen LogP contribution in [0.2, 0.25) is 0 Å². The summed E-state index contributed by atoms with van der Waals surface area (Å²) in [6.45, 7) is 6.66. The molecule has 82 valence electrons. The molecule has 0 radical (unpaired) electrons. The number of nitrogens with one attached hydrogen (secondary N) is 1. The highest BCUT2D eigenvalue weighted by Gasteiger charge is 2.32. The third-order valence-corrected chi connectivity index (χ3v) is 3.60. The molecule has 2 atom stereocenters. The van der Waals surface area contributed by atoms with Crippen molar-refractivity contribution in [2.75, 3.05) is 13.2 Å². The van der Waals surface area contributed by atoms with Crippen LogP contribution in [0.15, 0.2) is 0 Å². The topological polar surface area (TPSA) is 21.3 Å². The lowest BCUT2D eigenvalue weighted by molar-refractivity contribution is 0.0661. The van der Waals surface area contributed by atoms with Gasteiger partial charge in [-0.1, -0.05) is 13.8 Å². The molecule has 1 unspecified atom stereocenters. The molecule has 0 amide bonds. The van der Waals surface area contributed by atoms with Crippen molar-refractivity contribution < 1.29 is 4.74 Å². The van der Waals surface area contributed by atoms with Crippen molar-refractivity contribution in [3.8, 4) is 0 Å². The third-order valence-electron chi connectivity index (χ3n) is 3.60. The predicted molar refractivity (Wildman–Crippen MR) is 58.4 cm³/mol. The average Bonchev–Trinajstić information content (AvgIpc) is 2.47. The monoisotopic (exact) mass is 197 g/mol. The predicted octanol–water partition coefficient (Wildman–Crippen LogP) is 2.33. The molecule has 2 heteroatoms. The largest absolute Gasteiger partial charge is 0.380 e. The molecule has 14 heavy (non-hydrogen) atoms. The lowest BCUT2D eigenvalue weighted by Crippen LogP contribution is -2.42. The van der Waals surface area contributed by atoms with Gasteiger partial charge in [0.15, 0.2) is 0 Å². The maximum absolute atomic E-state index is 5.48. The molecule has 0 aromatic rings. The van der Waals surface area contributed by atoms with Crippen molar-refractivity contribution in [2.24, 2.45) is 5.41 Å². The highest BCUT2D eigenvalue weighted by atomic mass is 16.5. The van der Waals surface area contributed by atoms with Crippen LogP contribution in [0.3, 0.4) is 0 Å². The molecule has 1 heterocycles. The molecule has 2 fully saturated rings. The van der Waals surface area contributed by atoms with Gasteiger partial charge in [0, 0.05) is 18.7 Å². The second kappa shape index (κ2) is 4.19. The van der Waals surface area contributed by atoms with E-state index in [1.54, 1.807) is 0 Å². The molecule has 1 aliphatic carbocycles. The zero-order chi connectivity index (χ0) is 10.0. The summed E-state index contributed by atoms with van der Waals surface area (Å²) in [5, 5.41) is 3.75. The van der Waals surface area contributed by atoms with Gasteiger partial charge in [0.2, 0.25) is 0 Å². The fourth-order valence-electron chi connectivity index (χ4n) is 2.78. The first-order valence-electron chi connectivity index (χ1n) is 5.99. The summed E-state index contributed by atoms with van der Waals surface area (Å²) in [5.74, 6) is 0. The highest BCUT2D eigenvalue weighted by molar-refractivity contribution is 4.88. The molecule has 2 aliphatic rings. The Bertz CT molecular complexity index is 185. The summed E-state index contributed by atoms with van der Waals surface area (Å²) < 4.78 is 5.48. The molecule has 2 rings (SSSR count). The second-order valence-electron chi connectivity index (χ2n) is 5.68. The Morgan fingerprint density at radius 3 is 2.64 bits per heavy atom. The van der Waals surface area contributed by atoms with Crippen LogP contribution < -0.4 is 5.32 Å². The van der Waals surface area contributed by atoms with Gasteiger partial charge in [0.05, 0.1) is 6.61 Å². The Morgan fingerprint density at radius 2 is 2.07 bits per heavy atom. The smallest absolute Gasteiger partial charge is 0.0619 e. The van der Waals surface area contributed by atoms with Crippen molar-refractivity contribution in [3.63, 3.8) is 0 Å². The van der Waals surface area contributed by atoms with Gasteiger partial charge >= 0.3 is 0 Å². The second-order valence-corrected chi connectivity index (χ2v) is 5.68. The minimum absolute atomic E-state index is 0.563. The Hall–Kier alpha value is -0.0800. The van der Waals surface area contributed by atoms with Crippen molar-refractivity contribution in [2.45, 2.75) is 58.0 Å². The van der Waals surface area contributed by atoms with Crippen molar-refractivity contribution in [1.29, 1.82) is 0 Å². The van der Waals surface area contributed by atoms with Crippen LogP contribution >= 0.6 is 0 Å². The zero-order valence-corrected chi connectivity index (χ0v) is 9.51. The molecule has 2 nitrogen and oxygen atoms in total. The Balaban J connectivity index is 1.75. The van der Waals surface area contributed by atoms with E-state index >= 15 is 0 Å². The van der Waals surface area contributed by atoms with Crippen LogP contribution in [0.1, 0.15) is 46.0 Å². The SMILES string of the molecule is CC1(C)CCC(N[C@H]2CCCOC2)C1. The molecular formula is C12H23NO. The van der Waals surface area contributed by atoms with E-state index in [2.05, 4.69) is 19.2 Å². The first-order valence-corrected chi connectivity index (χ1v) is 5.99. The first kappa shape index (κ1) is 10.4. The lowest BCUT2D eigenvalue weighted by Gasteiger charge is -2.27. The summed E-state index contributed by atoms with van der Waals surface area (Å²) >= 11 is 0. The summed E-state index contributed by atoms with van der Waals surface area (Å²) in [5.41, 5.74) is 0.563. The number of hydrogen-bond acceptors (Lipinski definition) is 2. The Kier molecular flexibility index (Phi) is 3.13. The van der Waals surface area contributed by atoms with E-state index in [4.69, 9.17) is 4.74 Å². The summed E-state index contributed by atoms with van der Waals surface area (Å²) in [7, 11) is 0. The van der Waals surface area contributed by atoms with E-state index in [0.717, 1.165) is 19.3 Å². The molecule has 1 N–H and O–H groups in total. The number of ether oxygens (including phenoxy) is 1. The van der Waals surface area contributed by atoms with Crippen molar-refractivity contribution in [1.82, 2.24) is 5.32 Å². The van der Waals surface area contributed by atoms with Crippen LogP contribution in [-0.2, 0) is 4.74 Å². The van der Waals surface area contributed by atoms with Gasteiger partial charge in [-0.05, 0) is 37.5 Å². The van der Waals surface area contributed by atoms with E-state index in [9.17, 15) is 0 Å². The fourth-order valence-corrected chi connectivity index (χ4v) is 2.78. The average molecular weight is 197 g/mol. The molecule has 0 bridgehead atoms. The van der Waals surface area contributed by atoms with Crippen LogP contribution in [-0.4, -0.2) is 25.3 Å². The fraction of sp³-hybridized carbons (Fsp3) is 1.00. The zero-order valence-electron chi connectivity index (χ0n) is 9.51. The third kappa shape index (κ3) is 2.71. The van der Waals surface area contributed by atoms with Crippen LogP contribution in [0.5, 0.6) is 0 Å². The van der Waals surface area contributed by atoms with E-state index in [0.29, 0.717) is 11.5 Å². The van der Waals surface area contributed by atoms with Gasteiger partial charge in [-0.15, -0.1) is 0 Å². The summed E-state index contributed by atoms with van der Waals surface area (Å²) in [6.07, 6.45) is 6.59. The Morgan fingerprint density at radius 1 is 1.21 bits per heavy atom. The van der Waals surface area contributed by atoms with Crippen molar-refractivity contribution >= 4 is 0 Å². The standard InChI is InChI=1S/C12H23NO/c1-12(2)6-5-10(8-12)13-11-4-3-7-14-9-11/h10-11,13H,3-9H2,1-2H3/t10?,11-/m0/s1. The molecule has 0 aromatic carbocycles. The molecule has 0 aromatic heterocycles. The van der Waals surface area contributed by atoms with Gasteiger partial charge in [-0.25, -0.2) is 0 Å². The molecule has 0 spiro atoms.